The molecule has 4 aromatic rings. The molecule has 39 heavy (non-hydrogen) atoms. The number of aryl methyl sites for hydroxylation is 1. The summed E-state index contributed by atoms with van der Waals surface area (Å²) < 4.78 is 6.69. The normalized spacial score (nSPS) is 11.7. The Morgan fingerprint density at radius 1 is 1.10 bits per heavy atom. The smallest absolute Gasteiger partial charge is 0.264 e. The van der Waals surface area contributed by atoms with E-state index in [9.17, 15) is 4.79 Å². The predicted octanol–water partition coefficient (Wildman–Crippen LogP) is 4.24. The first-order valence-corrected chi connectivity index (χ1v) is 12.9. The van der Waals surface area contributed by atoms with Crippen molar-refractivity contribution in [2.24, 2.45) is 10.9 Å². The molecule has 0 aliphatic carbocycles. The van der Waals surface area contributed by atoms with E-state index in [0.29, 0.717) is 41.2 Å². The third-order valence-corrected chi connectivity index (χ3v) is 6.41. The van der Waals surface area contributed by atoms with Gasteiger partial charge in [-0.15, -0.1) is 0 Å². The summed E-state index contributed by atoms with van der Waals surface area (Å²) in [7, 11) is 1.54. The van der Waals surface area contributed by atoms with Crippen molar-refractivity contribution in [3.05, 3.63) is 93.6 Å². The molecule has 3 N–H and O–H groups in total. The molecule has 0 unspecified atom stereocenters. The van der Waals surface area contributed by atoms with Gasteiger partial charge in [0.15, 0.2) is 11.6 Å². The number of nitrogens with zero attached hydrogens (tertiary/aromatic N) is 6. The van der Waals surface area contributed by atoms with E-state index in [1.807, 2.05) is 44.2 Å². The quantitative estimate of drug-likeness (QED) is 0.135. The maximum atomic E-state index is 14.0. The van der Waals surface area contributed by atoms with Gasteiger partial charge in [0.05, 0.1) is 30.9 Å². The molecule has 10 nitrogen and oxygen atoms in total. The van der Waals surface area contributed by atoms with Crippen LogP contribution in [0.25, 0.3) is 17.2 Å². The molecule has 0 saturated heterocycles. The van der Waals surface area contributed by atoms with Crippen LogP contribution in [0.5, 0.6) is 5.75 Å². The molecule has 0 saturated carbocycles. The molecular formula is C29H33N7O3. The number of rotatable bonds is 10. The third-order valence-electron chi connectivity index (χ3n) is 6.41. The van der Waals surface area contributed by atoms with E-state index in [1.165, 1.54) is 17.0 Å². The van der Waals surface area contributed by atoms with Crippen LogP contribution in [0.1, 0.15) is 67.7 Å². The summed E-state index contributed by atoms with van der Waals surface area (Å²) >= 11 is 0. The molecule has 0 aliphatic heterocycles. The third kappa shape index (κ3) is 5.95. The molecule has 202 valence electrons. The predicted molar refractivity (Wildman–Crippen MR) is 150 cm³/mol. The van der Waals surface area contributed by atoms with Crippen LogP contribution in [0, 0.1) is 0 Å². The van der Waals surface area contributed by atoms with Crippen LogP contribution in [-0.2, 0) is 12.8 Å². The van der Waals surface area contributed by atoms with Crippen LogP contribution >= 0.6 is 0 Å². The maximum Gasteiger partial charge on any atom is 0.264 e. The molecule has 0 radical (unpaired) electrons. The zero-order valence-electron chi connectivity index (χ0n) is 22.6. The average Bonchev–Trinajstić information content (AvgIpc) is 2.97. The van der Waals surface area contributed by atoms with Crippen LogP contribution in [0.2, 0.25) is 0 Å². The number of hydrogen-bond acceptors (Lipinski definition) is 8. The number of aromatic nitrogens is 5. The number of methoxy groups -OCH3 is 1. The molecule has 10 heteroatoms. The Morgan fingerprint density at radius 3 is 2.46 bits per heavy atom. The fraction of sp³-hybridized carbons (Fsp3) is 0.310. The minimum absolute atomic E-state index is 0.00895. The van der Waals surface area contributed by atoms with Crippen molar-refractivity contribution in [1.29, 1.82) is 0 Å². The van der Waals surface area contributed by atoms with Crippen molar-refractivity contribution in [3.8, 4) is 23.0 Å². The molecule has 0 bridgehead atoms. The fourth-order valence-corrected chi connectivity index (χ4v) is 4.33. The van der Waals surface area contributed by atoms with E-state index in [1.54, 1.807) is 19.4 Å². The largest absolute Gasteiger partial charge is 0.494 e. The SMILES string of the molecule is CCCCc1nc(C(C)C)n(-c2ncc(OC)cn2)c(=O)c1Cc1ccc(-c2ccccc2/C(N)=N\O)nc1. The van der Waals surface area contributed by atoms with Gasteiger partial charge in [-0.2, -0.15) is 0 Å². The standard InChI is InChI=1S/C29H33N7O3/c1-5-6-11-25-23(28(37)36(27(34-25)18(2)3)29-32-16-20(39-4)17-33-29)14-19-12-13-24(31-15-19)21-9-7-8-10-22(21)26(30)35-38/h7-10,12-13,15-18,38H,5-6,11,14H2,1-4H3,(H2,30,35). The van der Waals surface area contributed by atoms with Crippen molar-refractivity contribution in [2.75, 3.05) is 7.11 Å². The van der Waals surface area contributed by atoms with Crippen LogP contribution in [0.3, 0.4) is 0 Å². The van der Waals surface area contributed by atoms with Gasteiger partial charge in [-0.3, -0.25) is 9.78 Å². The highest BCUT2D eigenvalue weighted by atomic mass is 16.5. The number of pyridine rings is 1. The monoisotopic (exact) mass is 527 g/mol. The number of hydrogen-bond donors (Lipinski definition) is 2. The van der Waals surface area contributed by atoms with Crippen LogP contribution in [0.15, 0.2) is 64.9 Å². The Hall–Kier alpha value is -4.60. The highest BCUT2D eigenvalue weighted by Gasteiger charge is 2.21. The molecule has 3 aromatic heterocycles. The second-order valence-corrected chi connectivity index (χ2v) is 9.48. The number of unbranched alkanes of at least 4 members (excludes halogenated alkanes) is 1. The number of oxime groups is 1. The van der Waals surface area contributed by atoms with Gasteiger partial charge in [-0.05, 0) is 24.5 Å². The minimum atomic E-state index is -0.189. The second kappa shape index (κ2) is 12.3. The van der Waals surface area contributed by atoms with Crippen LogP contribution < -0.4 is 16.0 Å². The van der Waals surface area contributed by atoms with Gasteiger partial charge in [-0.1, -0.05) is 62.7 Å². The Morgan fingerprint density at radius 2 is 1.85 bits per heavy atom. The van der Waals surface area contributed by atoms with Crippen molar-refractivity contribution in [3.63, 3.8) is 0 Å². The molecule has 1 aromatic carbocycles. The topological polar surface area (TPSA) is 141 Å². The van der Waals surface area contributed by atoms with E-state index in [4.69, 9.17) is 20.7 Å². The molecule has 0 amide bonds. The molecule has 0 fully saturated rings. The van der Waals surface area contributed by atoms with Gasteiger partial charge in [0.2, 0.25) is 5.95 Å². The fourth-order valence-electron chi connectivity index (χ4n) is 4.33. The highest BCUT2D eigenvalue weighted by molar-refractivity contribution is 6.02. The van der Waals surface area contributed by atoms with E-state index in [2.05, 4.69) is 27.0 Å². The first kappa shape index (κ1) is 27.4. The lowest BCUT2D eigenvalue weighted by Crippen LogP contribution is -2.31. The van der Waals surface area contributed by atoms with E-state index in [-0.39, 0.29) is 23.3 Å². The molecule has 0 aliphatic rings. The molecular weight excluding hydrogens is 494 g/mol. The van der Waals surface area contributed by atoms with E-state index in [0.717, 1.165) is 29.7 Å². The zero-order valence-corrected chi connectivity index (χ0v) is 22.6. The highest BCUT2D eigenvalue weighted by Crippen LogP contribution is 2.23. The summed E-state index contributed by atoms with van der Waals surface area (Å²) in [4.78, 5) is 32.4. The van der Waals surface area contributed by atoms with Crippen molar-refractivity contribution in [2.45, 2.75) is 52.4 Å². The lowest BCUT2D eigenvalue weighted by atomic mass is 10.00. The number of amidine groups is 1. The van der Waals surface area contributed by atoms with Gasteiger partial charge in [0.25, 0.3) is 5.56 Å². The van der Waals surface area contributed by atoms with Crippen LogP contribution in [-0.4, -0.2) is 42.7 Å². The summed E-state index contributed by atoms with van der Waals surface area (Å²) in [5.41, 5.74) is 9.91. The molecule has 4 rings (SSSR count). The summed E-state index contributed by atoms with van der Waals surface area (Å²) in [6.07, 6.45) is 7.78. The van der Waals surface area contributed by atoms with Gasteiger partial charge in [-0.25, -0.2) is 19.5 Å². The molecule has 0 atom stereocenters. The summed E-state index contributed by atoms with van der Waals surface area (Å²) in [6.45, 7) is 6.11. The lowest BCUT2D eigenvalue weighted by Gasteiger charge is -2.18. The van der Waals surface area contributed by atoms with Gasteiger partial charge in [0.1, 0.15) is 5.82 Å². The van der Waals surface area contributed by atoms with Crippen molar-refractivity contribution < 1.29 is 9.94 Å². The average molecular weight is 528 g/mol. The first-order chi connectivity index (χ1) is 18.9. The Kier molecular flexibility index (Phi) is 8.65. The second-order valence-electron chi connectivity index (χ2n) is 9.48. The van der Waals surface area contributed by atoms with E-state index >= 15 is 0 Å². The zero-order chi connectivity index (χ0) is 27.9. The first-order valence-electron chi connectivity index (χ1n) is 12.9. The Bertz CT molecular complexity index is 1510. The molecule has 3 heterocycles. The number of ether oxygens (including phenoxy) is 1. The summed E-state index contributed by atoms with van der Waals surface area (Å²) in [6, 6.07) is 11.1. The van der Waals surface area contributed by atoms with Gasteiger partial charge >= 0.3 is 0 Å². The summed E-state index contributed by atoms with van der Waals surface area (Å²) in [5, 5.41) is 12.3. The van der Waals surface area contributed by atoms with E-state index < -0.39 is 0 Å². The molecule has 0 spiro atoms. The number of nitrogens with two attached hydrogens (primary N) is 1. The van der Waals surface area contributed by atoms with Crippen molar-refractivity contribution >= 4 is 5.84 Å². The summed E-state index contributed by atoms with van der Waals surface area (Å²) in [5.74, 6) is 1.37. The van der Waals surface area contributed by atoms with Crippen LogP contribution in [0.4, 0.5) is 0 Å². The maximum absolute atomic E-state index is 14.0. The van der Waals surface area contributed by atoms with Gasteiger partial charge < -0.3 is 15.7 Å². The lowest BCUT2D eigenvalue weighted by molar-refractivity contribution is 0.318. The Labute approximate surface area is 227 Å². The van der Waals surface area contributed by atoms with Crippen molar-refractivity contribution in [1.82, 2.24) is 24.5 Å². The Balaban J connectivity index is 1.78. The number of benzene rings is 1. The minimum Gasteiger partial charge on any atom is -0.494 e. The van der Waals surface area contributed by atoms with Gasteiger partial charge in [0, 0.05) is 35.2 Å².